The molecule has 0 amide bonds. The molecule has 32 heavy (non-hydrogen) atoms. The first-order valence-corrected chi connectivity index (χ1v) is 12.1. The molecule has 0 radical (unpaired) electrons. The van der Waals surface area contributed by atoms with Crippen LogP contribution in [0.2, 0.25) is 0 Å². The van der Waals surface area contributed by atoms with E-state index < -0.39 is 11.6 Å². The van der Waals surface area contributed by atoms with Crippen LogP contribution in [0.3, 0.4) is 0 Å². The summed E-state index contributed by atoms with van der Waals surface area (Å²) in [4.78, 5) is 0. The van der Waals surface area contributed by atoms with Crippen LogP contribution in [0.25, 0.3) is 11.1 Å². The lowest BCUT2D eigenvalue weighted by atomic mass is 9.72. The summed E-state index contributed by atoms with van der Waals surface area (Å²) in [7, 11) is 0. The van der Waals surface area contributed by atoms with Crippen molar-refractivity contribution in [2.75, 3.05) is 13.2 Å². The van der Waals surface area contributed by atoms with Gasteiger partial charge in [0.2, 0.25) is 5.82 Å². The molecule has 1 aliphatic carbocycles. The van der Waals surface area contributed by atoms with Crippen LogP contribution in [0.5, 0.6) is 5.75 Å². The number of benzene rings is 2. The first-order valence-electron chi connectivity index (χ1n) is 12.1. The van der Waals surface area contributed by atoms with E-state index in [4.69, 9.17) is 9.47 Å². The predicted molar refractivity (Wildman–Crippen MR) is 125 cm³/mol. The Morgan fingerprint density at radius 2 is 1.62 bits per heavy atom. The minimum absolute atomic E-state index is 0.0390. The molecule has 0 bridgehead atoms. The zero-order valence-corrected chi connectivity index (χ0v) is 19.2. The van der Waals surface area contributed by atoms with E-state index in [1.165, 1.54) is 43.7 Å². The van der Waals surface area contributed by atoms with Crippen LogP contribution >= 0.6 is 0 Å². The van der Waals surface area contributed by atoms with Crippen molar-refractivity contribution in [2.24, 2.45) is 11.8 Å². The highest BCUT2D eigenvalue weighted by molar-refractivity contribution is 5.65. The molecular formula is C28H34F2O2. The molecule has 0 spiro atoms. The van der Waals surface area contributed by atoms with Crippen molar-refractivity contribution >= 4 is 0 Å². The molecule has 2 aromatic carbocycles. The Bertz CT molecular complexity index is 906. The van der Waals surface area contributed by atoms with Gasteiger partial charge in [-0.1, -0.05) is 36.4 Å². The van der Waals surface area contributed by atoms with E-state index in [-0.39, 0.29) is 11.3 Å². The Kier molecular flexibility index (Phi) is 7.62. The fourth-order valence-electron chi connectivity index (χ4n) is 5.41. The van der Waals surface area contributed by atoms with Gasteiger partial charge < -0.3 is 9.47 Å². The lowest BCUT2D eigenvalue weighted by molar-refractivity contribution is -0.0149. The molecule has 0 N–H and O–H groups in total. The van der Waals surface area contributed by atoms with Crippen LogP contribution in [-0.4, -0.2) is 19.3 Å². The van der Waals surface area contributed by atoms with E-state index in [9.17, 15) is 8.78 Å². The Labute approximate surface area is 190 Å². The molecule has 2 nitrogen and oxygen atoms in total. The maximum Gasteiger partial charge on any atom is 0.201 e. The molecule has 172 valence electrons. The molecule has 1 heterocycles. The van der Waals surface area contributed by atoms with Gasteiger partial charge in [0.05, 0.1) is 19.3 Å². The first-order chi connectivity index (χ1) is 15.6. The van der Waals surface area contributed by atoms with E-state index in [0.29, 0.717) is 30.1 Å². The van der Waals surface area contributed by atoms with Gasteiger partial charge in [0.15, 0.2) is 11.6 Å². The first kappa shape index (κ1) is 23.0. The summed E-state index contributed by atoms with van der Waals surface area (Å²) < 4.78 is 40.0. The number of rotatable bonds is 6. The van der Waals surface area contributed by atoms with E-state index in [1.807, 2.05) is 12.1 Å². The summed E-state index contributed by atoms with van der Waals surface area (Å²) in [6.45, 7) is 5.00. The summed E-state index contributed by atoms with van der Waals surface area (Å²) >= 11 is 0. The van der Waals surface area contributed by atoms with Gasteiger partial charge in [-0.05, 0) is 93.4 Å². The standard InChI is InChI=1S/C28H34F2O2/c1-3-5-24-15-14-23(18-32-24)21-8-6-19(7-9-21)20-10-12-22(13-11-20)25-16-17-26(31-4-2)28(30)27(25)29/h3,5,10-13,16-17,19,21,23-24H,4,6-9,14-15,18H2,1-2H3. The van der Waals surface area contributed by atoms with Crippen LogP contribution < -0.4 is 4.74 Å². The third kappa shape index (κ3) is 5.06. The van der Waals surface area contributed by atoms with Crippen LogP contribution in [0, 0.1) is 23.5 Å². The normalized spacial score (nSPS) is 26.4. The van der Waals surface area contributed by atoms with Crippen LogP contribution in [-0.2, 0) is 4.74 Å². The van der Waals surface area contributed by atoms with Crippen LogP contribution in [0.1, 0.15) is 63.9 Å². The summed E-state index contributed by atoms with van der Waals surface area (Å²) in [5, 5.41) is 0. The SMILES string of the molecule is CC=CC1CCC(C2CCC(c3ccc(-c4ccc(OCC)c(F)c4F)cc3)CC2)CO1. The van der Waals surface area contributed by atoms with Crippen molar-refractivity contribution in [1.82, 2.24) is 0 Å². The van der Waals surface area contributed by atoms with E-state index in [1.54, 1.807) is 13.0 Å². The Morgan fingerprint density at radius 3 is 2.25 bits per heavy atom. The van der Waals surface area contributed by atoms with Gasteiger partial charge in [-0.3, -0.25) is 0 Å². The molecular weight excluding hydrogens is 406 g/mol. The third-order valence-corrected chi connectivity index (χ3v) is 7.23. The minimum atomic E-state index is -0.921. The monoisotopic (exact) mass is 440 g/mol. The topological polar surface area (TPSA) is 18.5 Å². The van der Waals surface area contributed by atoms with Crippen molar-refractivity contribution in [3.05, 3.63) is 65.7 Å². The number of halogens is 2. The molecule has 4 rings (SSSR count). The third-order valence-electron chi connectivity index (χ3n) is 7.23. The van der Waals surface area contributed by atoms with Gasteiger partial charge in [0.1, 0.15) is 0 Å². The van der Waals surface area contributed by atoms with E-state index in [0.717, 1.165) is 18.9 Å². The molecule has 1 aliphatic heterocycles. The molecule has 2 atom stereocenters. The highest BCUT2D eigenvalue weighted by atomic mass is 19.2. The summed E-state index contributed by atoms with van der Waals surface area (Å²) in [6, 6.07) is 11.1. The molecule has 1 saturated carbocycles. The number of hydrogen-bond donors (Lipinski definition) is 0. The second-order valence-corrected chi connectivity index (χ2v) is 9.14. The minimum Gasteiger partial charge on any atom is -0.491 e. The Balaban J connectivity index is 1.35. The quantitative estimate of drug-likeness (QED) is 0.429. The summed E-state index contributed by atoms with van der Waals surface area (Å²) in [5.74, 6) is 0.187. The lowest BCUT2D eigenvalue weighted by Crippen LogP contribution is -2.31. The Hall–Kier alpha value is -2.20. The average Bonchev–Trinajstić information content (AvgIpc) is 2.83. The zero-order valence-electron chi connectivity index (χ0n) is 19.2. The number of hydrogen-bond acceptors (Lipinski definition) is 2. The van der Waals surface area contributed by atoms with Crippen molar-refractivity contribution in [2.45, 2.75) is 64.4 Å². The van der Waals surface area contributed by atoms with Gasteiger partial charge in [0, 0.05) is 5.56 Å². The van der Waals surface area contributed by atoms with Crippen molar-refractivity contribution < 1.29 is 18.3 Å². The molecule has 2 aliphatic rings. The smallest absolute Gasteiger partial charge is 0.201 e. The maximum absolute atomic E-state index is 14.5. The van der Waals surface area contributed by atoms with Crippen molar-refractivity contribution in [3.8, 4) is 16.9 Å². The van der Waals surface area contributed by atoms with Gasteiger partial charge in [0.25, 0.3) is 0 Å². The van der Waals surface area contributed by atoms with Gasteiger partial charge in [-0.25, -0.2) is 4.39 Å². The largest absolute Gasteiger partial charge is 0.491 e. The second kappa shape index (κ2) is 10.6. The summed E-state index contributed by atoms with van der Waals surface area (Å²) in [5.41, 5.74) is 2.26. The fourth-order valence-corrected chi connectivity index (χ4v) is 5.41. The number of allylic oxidation sites excluding steroid dienone is 1. The van der Waals surface area contributed by atoms with Crippen LogP contribution in [0.4, 0.5) is 8.78 Å². The summed E-state index contributed by atoms with van der Waals surface area (Å²) in [6.07, 6.45) is 11.8. The lowest BCUT2D eigenvalue weighted by Gasteiger charge is -2.37. The molecule has 1 saturated heterocycles. The maximum atomic E-state index is 14.5. The molecule has 2 fully saturated rings. The van der Waals surface area contributed by atoms with Gasteiger partial charge >= 0.3 is 0 Å². The van der Waals surface area contributed by atoms with Crippen molar-refractivity contribution in [3.63, 3.8) is 0 Å². The Morgan fingerprint density at radius 1 is 0.906 bits per heavy atom. The zero-order chi connectivity index (χ0) is 22.5. The van der Waals surface area contributed by atoms with Gasteiger partial charge in [-0.2, -0.15) is 4.39 Å². The highest BCUT2D eigenvalue weighted by Gasteiger charge is 2.31. The number of ether oxygens (including phenoxy) is 2. The van der Waals surface area contributed by atoms with Crippen molar-refractivity contribution in [1.29, 1.82) is 0 Å². The molecule has 4 heteroatoms. The molecule has 2 unspecified atom stereocenters. The van der Waals surface area contributed by atoms with Crippen LogP contribution in [0.15, 0.2) is 48.6 Å². The van der Waals surface area contributed by atoms with E-state index >= 15 is 0 Å². The molecule has 0 aromatic heterocycles. The van der Waals surface area contributed by atoms with E-state index in [2.05, 4.69) is 31.2 Å². The second-order valence-electron chi connectivity index (χ2n) is 9.14. The highest BCUT2D eigenvalue weighted by Crippen LogP contribution is 2.42. The average molecular weight is 441 g/mol. The molecule has 2 aromatic rings. The fraction of sp³-hybridized carbons (Fsp3) is 0.500. The van der Waals surface area contributed by atoms with Gasteiger partial charge in [-0.15, -0.1) is 0 Å². The predicted octanol–water partition coefficient (Wildman–Crippen LogP) is 7.68.